The number of aromatic nitrogens is 2. The summed E-state index contributed by atoms with van der Waals surface area (Å²) in [6.45, 7) is 0. The fourth-order valence-corrected chi connectivity index (χ4v) is 8.82. The van der Waals surface area contributed by atoms with Gasteiger partial charge in [-0.15, -0.1) is 0 Å². The number of para-hydroxylation sites is 3. The molecule has 9 aromatic carbocycles. The number of hydrogen-bond acceptors (Lipinski definition) is 0. The summed E-state index contributed by atoms with van der Waals surface area (Å²) in [4.78, 5) is 0. The van der Waals surface area contributed by atoms with Gasteiger partial charge in [-0.05, 0) is 105 Å². The van der Waals surface area contributed by atoms with Crippen molar-refractivity contribution in [2.24, 2.45) is 0 Å². The lowest BCUT2D eigenvalue weighted by molar-refractivity contribution is 1.17. The lowest BCUT2D eigenvalue weighted by Gasteiger charge is -2.20. The number of fused-ring (bicyclic) bond motifs is 6. The van der Waals surface area contributed by atoms with Gasteiger partial charge in [-0.1, -0.05) is 158 Å². The summed E-state index contributed by atoms with van der Waals surface area (Å²) in [5.41, 5.74) is 16.7. The molecule has 11 rings (SSSR count). The van der Waals surface area contributed by atoms with Crippen molar-refractivity contribution in [3.8, 4) is 55.9 Å². The second-order valence-corrected chi connectivity index (χ2v) is 14.5. The van der Waals surface area contributed by atoms with Crippen LogP contribution in [0.3, 0.4) is 0 Å². The summed E-state index contributed by atoms with van der Waals surface area (Å²) in [5, 5.41) is 5.00. The molecule has 0 saturated heterocycles. The van der Waals surface area contributed by atoms with Crippen LogP contribution >= 0.6 is 0 Å². The van der Waals surface area contributed by atoms with Gasteiger partial charge in [0.25, 0.3) is 0 Å². The van der Waals surface area contributed by atoms with E-state index in [0.29, 0.717) is 0 Å². The van der Waals surface area contributed by atoms with Crippen LogP contribution in [0.5, 0.6) is 0 Å². The zero-order valence-electron chi connectivity index (χ0n) is 30.7. The van der Waals surface area contributed by atoms with Crippen LogP contribution in [-0.2, 0) is 0 Å². The Kier molecular flexibility index (Phi) is 7.53. The highest BCUT2D eigenvalue weighted by Crippen LogP contribution is 2.44. The Hall–Kier alpha value is -7.42. The third-order valence-electron chi connectivity index (χ3n) is 11.3. The summed E-state index contributed by atoms with van der Waals surface area (Å²) < 4.78 is 4.85. The highest BCUT2D eigenvalue weighted by Gasteiger charge is 2.20. The smallest absolute Gasteiger partial charge is 0.0542 e. The van der Waals surface area contributed by atoms with Gasteiger partial charge < -0.3 is 9.13 Å². The molecule has 0 bridgehead atoms. The topological polar surface area (TPSA) is 9.86 Å². The molecule has 0 fully saturated rings. The maximum absolute atomic E-state index is 2.44. The lowest BCUT2D eigenvalue weighted by atomic mass is 9.84. The van der Waals surface area contributed by atoms with Gasteiger partial charge >= 0.3 is 0 Å². The van der Waals surface area contributed by atoms with Crippen LogP contribution in [0.4, 0.5) is 0 Å². The van der Waals surface area contributed by atoms with Gasteiger partial charge in [0.1, 0.15) is 0 Å². The van der Waals surface area contributed by atoms with Crippen LogP contribution < -0.4 is 0 Å². The van der Waals surface area contributed by atoms with Crippen LogP contribution in [0.2, 0.25) is 0 Å². The number of hydrogen-bond donors (Lipinski definition) is 0. The highest BCUT2D eigenvalue weighted by molar-refractivity contribution is 6.12. The summed E-state index contributed by atoms with van der Waals surface area (Å²) in [7, 11) is 0. The molecule has 2 nitrogen and oxygen atoms in total. The first-order chi connectivity index (χ1) is 27.8. The average molecular weight is 713 g/mol. The predicted octanol–water partition coefficient (Wildman–Crippen LogP) is 14.5. The molecule has 0 atom stereocenters. The monoisotopic (exact) mass is 712 g/mol. The molecule has 0 N–H and O–H groups in total. The van der Waals surface area contributed by atoms with Crippen molar-refractivity contribution < 1.29 is 0 Å². The molecule has 2 aromatic heterocycles. The van der Waals surface area contributed by atoms with E-state index in [1.165, 1.54) is 88.1 Å². The standard InChI is InChI=1S/C54H36N2/c1-4-17-37(18-5-1)41-34-47(38-19-6-2-7-20-38)54(48(35-41)39-21-8-3-9-22-39)40-23-16-24-42(33-40)55-52-30-15-12-27-46(52)49-36-43(31-32-53(49)55)56-50-28-13-10-25-44(50)45-26-11-14-29-51(45)56/h1-36H. The summed E-state index contributed by atoms with van der Waals surface area (Å²) >= 11 is 0. The van der Waals surface area contributed by atoms with E-state index in [2.05, 4.69) is 228 Å². The number of benzene rings is 9. The minimum Gasteiger partial charge on any atom is -0.309 e. The average Bonchev–Trinajstić information content (AvgIpc) is 3.79. The number of nitrogens with zero attached hydrogens (tertiary/aromatic N) is 2. The van der Waals surface area contributed by atoms with E-state index in [1.54, 1.807) is 0 Å². The van der Waals surface area contributed by atoms with Crippen molar-refractivity contribution in [1.29, 1.82) is 0 Å². The van der Waals surface area contributed by atoms with E-state index >= 15 is 0 Å². The molecule has 0 aliphatic carbocycles. The van der Waals surface area contributed by atoms with Crippen LogP contribution in [0.1, 0.15) is 0 Å². The van der Waals surface area contributed by atoms with Gasteiger partial charge in [0, 0.05) is 32.9 Å². The quantitative estimate of drug-likeness (QED) is 0.162. The fourth-order valence-electron chi connectivity index (χ4n) is 8.82. The first-order valence-electron chi connectivity index (χ1n) is 19.3. The number of rotatable bonds is 6. The molecule has 262 valence electrons. The normalized spacial score (nSPS) is 11.6. The Labute approximate surface area is 325 Å². The van der Waals surface area contributed by atoms with Crippen molar-refractivity contribution in [2.45, 2.75) is 0 Å². The largest absolute Gasteiger partial charge is 0.309 e. The van der Waals surface area contributed by atoms with E-state index in [4.69, 9.17) is 0 Å². The lowest BCUT2D eigenvalue weighted by Crippen LogP contribution is -1.97. The molecule has 0 radical (unpaired) electrons. The molecule has 56 heavy (non-hydrogen) atoms. The second kappa shape index (κ2) is 13.2. The van der Waals surface area contributed by atoms with E-state index in [1.807, 2.05) is 0 Å². The Morgan fingerprint density at radius 1 is 0.232 bits per heavy atom. The SMILES string of the molecule is c1ccc(-c2cc(-c3ccccc3)c(-c3cccc(-n4c5ccccc5c5cc(-n6c7ccccc7c7ccccc76)ccc54)c3)c(-c3ccccc3)c2)cc1. The van der Waals surface area contributed by atoms with Gasteiger partial charge in [0.15, 0.2) is 0 Å². The van der Waals surface area contributed by atoms with Crippen molar-refractivity contribution >= 4 is 43.6 Å². The molecule has 0 aliphatic heterocycles. The first kappa shape index (κ1) is 32.0. The van der Waals surface area contributed by atoms with E-state index in [9.17, 15) is 0 Å². The van der Waals surface area contributed by atoms with Gasteiger partial charge in [0.05, 0.1) is 22.1 Å². The third kappa shape index (κ3) is 5.19. The predicted molar refractivity (Wildman–Crippen MR) is 237 cm³/mol. The molecule has 2 heteroatoms. The highest BCUT2D eigenvalue weighted by atomic mass is 15.0. The van der Waals surface area contributed by atoms with Gasteiger partial charge in [-0.2, -0.15) is 0 Å². The van der Waals surface area contributed by atoms with Gasteiger partial charge in [-0.3, -0.25) is 0 Å². The molecular weight excluding hydrogens is 677 g/mol. The maximum Gasteiger partial charge on any atom is 0.0542 e. The molecule has 2 heterocycles. The molecule has 0 saturated carbocycles. The molecule has 0 spiro atoms. The summed E-state index contributed by atoms with van der Waals surface area (Å²) in [6.07, 6.45) is 0. The molecule has 0 aliphatic rings. The van der Waals surface area contributed by atoms with Crippen LogP contribution in [0.25, 0.3) is 99.5 Å². The third-order valence-corrected chi connectivity index (χ3v) is 11.3. The van der Waals surface area contributed by atoms with Crippen molar-refractivity contribution in [2.75, 3.05) is 0 Å². The first-order valence-corrected chi connectivity index (χ1v) is 19.3. The van der Waals surface area contributed by atoms with Crippen LogP contribution in [0, 0.1) is 0 Å². The molecule has 0 amide bonds. The van der Waals surface area contributed by atoms with Gasteiger partial charge in [0.2, 0.25) is 0 Å². The van der Waals surface area contributed by atoms with E-state index in [0.717, 1.165) is 11.4 Å². The summed E-state index contributed by atoms with van der Waals surface area (Å²) in [6, 6.07) is 79.5. The Balaban J connectivity index is 1.15. The van der Waals surface area contributed by atoms with Crippen molar-refractivity contribution in [1.82, 2.24) is 9.13 Å². The maximum atomic E-state index is 2.44. The Morgan fingerprint density at radius 2 is 0.643 bits per heavy atom. The van der Waals surface area contributed by atoms with Crippen LogP contribution in [-0.4, -0.2) is 9.13 Å². The second-order valence-electron chi connectivity index (χ2n) is 14.5. The van der Waals surface area contributed by atoms with Crippen molar-refractivity contribution in [3.05, 3.63) is 218 Å². The molecular formula is C54H36N2. The van der Waals surface area contributed by atoms with Crippen molar-refractivity contribution in [3.63, 3.8) is 0 Å². The van der Waals surface area contributed by atoms with Crippen LogP contribution in [0.15, 0.2) is 218 Å². The molecule has 11 aromatic rings. The Bertz CT molecular complexity index is 3110. The molecule has 0 unspecified atom stereocenters. The summed E-state index contributed by atoms with van der Waals surface area (Å²) in [5.74, 6) is 0. The van der Waals surface area contributed by atoms with E-state index < -0.39 is 0 Å². The zero-order chi connectivity index (χ0) is 37.0. The fraction of sp³-hybridized carbons (Fsp3) is 0. The zero-order valence-corrected chi connectivity index (χ0v) is 30.7. The minimum absolute atomic E-state index is 1.13. The minimum atomic E-state index is 1.13. The van der Waals surface area contributed by atoms with E-state index in [-0.39, 0.29) is 0 Å². The Morgan fingerprint density at radius 3 is 1.18 bits per heavy atom. The van der Waals surface area contributed by atoms with Gasteiger partial charge in [-0.25, -0.2) is 0 Å².